The van der Waals surface area contributed by atoms with Crippen LogP contribution in [0.25, 0.3) is 0 Å². The summed E-state index contributed by atoms with van der Waals surface area (Å²) in [6.45, 7) is 4.42. The van der Waals surface area contributed by atoms with E-state index in [9.17, 15) is 0 Å². The SMILES string of the molecule is CC1OC(c2ccncc2N)CC2C1CCCN2Cc1ccccc1. The van der Waals surface area contributed by atoms with Crippen LogP contribution in [0.4, 0.5) is 5.69 Å². The maximum Gasteiger partial charge on any atom is 0.0864 e. The number of pyridine rings is 1. The molecule has 0 spiro atoms. The highest BCUT2D eigenvalue weighted by Crippen LogP contribution is 2.42. The molecule has 1 aromatic heterocycles. The number of ether oxygens (including phenoxy) is 1. The second-order valence-electron chi connectivity index (χ2n) is 7.40. The van der Waals surface area contributed by atoms with E-state index in [1.807, 2.05) is 12.3 Å². The van der Waals surface area contributed by atoms with E-state index in [0.717, 1.165) is 24.2 Å². The highest BCUT2D eigenvalue weighted by molar-refractivity contribution is 5.45. The molecule has 0 aliphatic carbocycles. The standard InChI is InChI=1S/C21H27N3O/c1-15-17-8-5-11-24(14-16-6-3-2-4-7-16)20(17)12-21(25-15)18-9-10-23-13-19(18)22/h2-4,6-7,9-10,13,15,17,20-21H,5,8,11-12,14,22H2,1H3. The Kier molecular flexibility index (Phi) is 4.73. The van der Waals surface area contributed by atoms with Crippen molar-refractivity contribution < 1.29 is 4.74 Å². The minimum absolute atomic E-state index is 0.0654. The van der Waals surface area contributed by atoms with Crippen LogP contribution < -0.4 is 5.73 Å². The number of hydrogen-bond donors (Lipinski definition) is 1. The largest absolute Gasteiger partial charge is 0.397 e. The van der Waals surface area contributed by atoms with Crippen LogP contribution in [0.5, 0.6) is 0 Å². The predicted molar refractivity (Wildman–Crippen MR) is 99.9 cm³/mol. The van der Waals surface area contributed by atoms with Gasteiger partial charge in [0.15, 0.2) is 0 Å². The third-order valence-corrected chi connectivity index (χ3v) is 5.85. The lowest BCUT2D eigenvalue weighted by Crippen LogP contribution is -2.52. The van der Waals surface area contributed by atoms with Crippen LogP contribution in [0.1, 0.15) is 43.4 Å². The summed E-state index contributed by atoms with van der Waals surface area (Å²) in [6, 6.07) is 13.4. The molecule has 0 bridgehead atoms. The third kappa shape index (κ3) is 3.42. The van der Waals surface area contributed by atoms with Gasteiger partial charge in [0, 0.05) is 30.3 Å². The van der Waals surface area contributed by atoms with Gasteiger partial charge in [0.05, 0.1) is 24.1 Å². The van der Waals surface area contributed by atoms with E-state index in [2.05, 4.69) is 47.1 Å². The molecule has 2 N–H and O–H groups in total. The molecule has 2 aromatic rings. The van der Waals surface area contributed by atoms with E-state index in [1.54, 1.807) is 6.20 Å². The summed E-state index contributed by atoms with van der Waals surface area (Å²) in [5, 5.41) is 0. The molecule has 2 saturated heterocycles. The van der Waals surface area contributed by atoms with E-state index in [1.165, 1.54) is 24.9 Å². The molecule has 132 valence electrons. The van der Waals surface area contributed by atoms with Crippen LogP contribution >= 0.6 is 0 Å². The topological polar surface area (TPSA) is 51.4 Å². The monoisotopic (exact) mass is 337 g/mol. The van der Waals surface area contributed by atoms with E-state index in [0.29, 0.717) is 12.0 Å². The molecule has 25 heavy (non-hydrogen) atoms. The fraction of sp³-hybridized carbons (Fsp3) is 0.476. The minimum Gasteiger partial charge on any atom is -0.397 e. The number of nitrogens with two attached hydrogens (primary N) is 1. The molecule has 4 rings (SSSR count). The lowest BCUT2D eigenvalue weighted by Gasteiger charge is -2.49. The van der Waals surface area contributed by atoms with Gasteiger partial charge in [0.1, 0.15) is 0 Å². The van der Waals surface area contributed by atoms with Crippen molar-refractivity contribution in [2.45, 2.75) is 51.0 Å². The quantitative estimate of drug-likeness (QED) is 0.926. The number of nitrogen functional groups attached to an aromatic ring is 1. The number of hydrogen-bond acceptors (Lipinski definition) is 4. The maximum absolute atomic E-state index is 6.39. The number of anilines is 1. The van der Waals surface area contributed by atoms with Crippen LogP contribution in [0.2, 0.25) is 0 Å². The number of rotatable bonds is 3. The number of piperidine rings is 1. The Morgan fingerprint density at radius 3 is 2.88 bits per heavy atom. The molecular weight excluding hydrogens is 310 g/mol. The van der Waals surface area contributed by atoms with Gasteiger partial charge in [-0.2, -0.15) is 0 Å². The molecule has 4 nitrogen and oxygen atoms in total. The van der Waals surface area contributed by atoms with Gasteiger partial charge >= 0.3 is 0 Å². The molecule has 2 aliphatic rings. The first kappa shape index (κ1) is 16.6. The van der Waals surface area contributed by atoms with Crippen molar-refractivity contribution in [1.82, 2.24) is 9.88 Å². The molecule has 2 aliphatic heterocycles. The zero-order chi connectivity index (χ0) is 17.2. The Hall–Kier alpha value is -1.91. The summed E-state index contributed by atoms with van der Waals surface area (Å²) in [4.78, 5) is 6.78. The Bertz CT molecular complexity index is 705. The van der Waals surface area contributed by atoms with E-state index < -0.39 is 0 Å². The average Bonchev–Trinajstić information content (AvgIpc) is 2.63. The molecule has 2 fully saturated rings. The number of likely N-dealkylation sites (tertiary alicyclic amines) is 1. The van der Waals surface area contributed by atoms with Crippen molar-refractivity contribution in [1.29, 1.82) is 0 Å². The first-order valence-electron chi connectivity index (χ1n) is 9.35. The van der Waals surface area contributed by atoms with Gasteiger partial charge in [0.2, 0.25) is 0 Å². The van der Waals surface area contributed by atoms with Gasteiger partial charge in [-0.1, -0.05) is 30.3 Å². The number of aromatic nitrogens is 1. The van der Waals surface area contributed by atoms with Crippen molar-refractivity contribution in [3.05, 3.63) is 59.9 Å². The summed E-state index contributed by atoms with van der Waals surface area (Å²) >= 11 is 0. The first-order valence-corrected chi connectivity index (χ1v) is 9.35. The Morgan fingerprint density at radius 2 is 2.08 bits per heavy atom. The summed E-state index contributed by atoms with van der Waals surface area (Å²) in [5.41, 5.74) is 9.39. The number of benzene rings is 1. The van der Waals surface area contributed by atoms with Crippen LogP contribution in [0, 0.1) is 5.92 Å². The molecule has 0 saturated carbocycles. The molecule has 1 aromatic carbocycles. The van der Waals surface area contributed by atoms with Crippen LogP contribution in [-0.2, 0) is 11.3 Å². The van der Waals surface area contributed by atoms with Crippen LogP contribution in [-0.4, -0.2) is 28.6 Å². The summed E-state index contributed by atoms with van der Waals surface area (Å²) in [6.07, 6.45) is 7.40. The predicted octanol–water partition coefficient (Wildman–Crippen LogP) is 3.79. The van der Waals surface area contributed by atoms with Crippen molar-refractivity contribution in [3.8, 4) is 0 Å². The average molecular weight is 337 g/mol. The fourth-order valence-corrected chi connectivity index (χ4v) is 4.59. The van der Waals surface area contributed by atoms with Crippen molar-refractivity contribution in [2.24, 2.45) is 5.92 Å². The molecule has 0 amide bonds. The van der Waals surface area contributed by atoms with Gasteiger partial charge in [-0.05, 0) is 44.4 Å². The molecule has 4 atom stereocenters. The number of nitrogens with zero attached hydrogens (tertiary/aromatic N) is 2. The van der Waals surface area contributed by atoms with E-state index in [4.69, 9.17) is 10.5 Å². The third-order valence-electron chi connectivity index (χ3n) is 5.85. The Balaban J connectivity index is 1.57. The van der Waals surface area contributed by atoms with Crippen molar-refractivity contribution >= 4 is 5.69 Å². The van der Waals surface area contributed by atoms with Crippen LogP contribution in [0.3, 0.4) is 0 Å². The molecule has 4 heteroatoms. The second-order valence-corrected chi connectivity index (χ2v) is 7.40. The van der Waals surface area contributed by atoms with Crippen molar-refractivity contribution in [3.63, 3.8) is 0 Å². The first-order chi connectivity index (χ1) is 12.2. The fourth-order valence-electron chi connectivity index (χ4n) is 4.59. The van der Waals surface area contributed by atoms with E-state index in [-0.39, 0.29) is 12.2 Å². The Labute approximate surface area is 150 Å². The lowest BCUT2D eigenvalue weighted by atomic mass is 9.79. The zero-order valence-electron chi connectivity index (χ0n) is 14.8. The highest BCUT2D eigenvalue weighted by atomic mass is 16.5. The van der Waals surface area contributed by atoms with Gasteiger partial charge in [-0.3, -0.25) is 9.88 Å². The smallest absolute Gasteiger partial charge is 0.0864 e. The molecular formula is C21H27N3O. The van der Waals surface area contributed by atoms with Gasteiger partial charge in [0.25, 0.3) is 0 Å². The highest BCUT2D eigenvalue weighted by Gasteiger charge is 2.42. The van der Waals surface area contributed by atoms with Crippen molar-refractivity contribution in [2.75, 3.05) is 12.3 Å². The zero-order valence-corrected chi connectivity index (χ0v) is 14.8. The second kappa shape index (κ2) is 7.14. The van der Waals surface area contributed by atoms with E-state index >= 15 is 0 Å². The molecule has 0 radical (unpaired) electrons. The van der Waals surface area contributed by atoms with Gasteiger partial charge in [-0.25, -0.2) is 0 Å². The maximum atomic E-state index is 6.39. The van der Waals surface area contributed by atoms with Gasteiger partial charge in [-0.15, -0.1) is 0 Å². The minimum atomic E-state index is 0.0654. The summed E-state index contributed by atoms with van der Waals surface area (Å²) in [7, 11) is 0. The van der Waals surface area contributed by atoms with Crippen LogP contribution in [0.15, 0.2) is 48.8 Å². The summed E-state index contributed by atoms with van der Waals surface area (Å²) in [5.74, 6) is 0.608. The summed E-state index contributed by atoms with van der Waals surface area (Å²) < 4.78 is 6.39. The molecule has 3 heterocycles. The lowest BCUT2D eigenvalue weighted by molar-refractivity contribution is -0.129. The Morgan fingerprint density at radius 1 is 1.24 bits per heavy atom. The normalized spacial score (nSPS) is 30.0. The molecule has 4 unspecified atom stereocenters. The van der Waals surface area contributed by atoms with Gasteiger partial charge < -0.3 is 10.5 Å². The number of fused-ring (bicyclic) bond motifs is 1.